The van der Waals surface area contributed by atoms with Gasteiger partial charge >= 0.3 is 6.15 Å². The number of hydrogen-bond acceptors (Lipinski definition) is 3. The molecule has 0 aromatic heterocycles. The Morgan fingerprint density at radius 1 is 1.42 bits per heavy atom. The molecule has 0 saturated heterocycles. The molecule has 0 unspecified atom stereocenters. The molecule has 0 bridgehead atoms. The fourth-order valence-corrected chi connectivity index (χ4v) is 0.758. The van der Waals surface area contributed by atoms with Crippen molar-refractivity contribution in [2.75, 3.05) is 0 Å². The van der Waals surface area contributed by atoms with Crippen molar-refractivity contribution < 1.29 is 14.7 Å². The van der Waals surface area contributed by atoms with Crippen molar-refractivity contribution in [1.29, 1.82) is 0 Å². The zero-order chi connectivity index (χ0) is 9.56. The third kappa shape index (κ3) is 3.19. The molecule has 0 amide bonds. The standard InChI is InChI=1S/C7H7ClO.CO2/c1-5-3-2-4-6(9)7(5)8;2-1-3/h2-4,9H,1H3;. The van der Waals surface area contributed by atoms with Crippen LogP contribution in [0.1, 0.15) is 5.56 Å². The monoisotopic (exact) mass is 186 g/mol. The van der Waals surface area contributed by atoms with Gasteiger partial charge in [-0.05, 0) is 18.6 Å². The first-order valence-corrected chi connectivity index (χ1v) is 3.44. The first-order valence-electron chi connectivity index (χ1n) is 3.06. The van der Waals surface area contributed by atoms with Gasteiger partial charge in [-0.25, -0.2) is 0 Å². The number of carbonyl (C=O) groups excluding carboxylic acids is 2. The number of halogens is 1. The molecule has 12 heavy (non-hydrogen) atoms. The van der Waals surface area contributed by atoms with Crippen LogP contribution in [0.5, 0.6) is 5.75 Å². The molecule has 0 aliphatic rings. The van der Waals surface area contributed by atoms with Gasteiger partial charge in [-0.15, -0.1) is 0 Å². The minimum absolute atomic E-state index is 0.150. The van der Waals surface area contributed by atoms with Gasteiger partial charge in [0.1, 0.15) is 5.75 Å². The van der Waals surface area contributed by atoms with Crippen LogP contribution in [-0.2, 0) is 9.59 Å². The fraction of sp³-hybridized carbons (Fsp3) is 0.125. The lowest BCUT2D eigenvalue weighted by Gasteiger charge is -1.97. The van der Waals surface area contributed by atoms with Gasteiger partial charge in [0, 0.05) is 0 Å². The number of phenols is 1. The average Bonchev–Trinajstić information content (AvgIpc) is 2.02. The minimum atomic E-state index is 0.150. The van der Waals surface area contributed by atoms with E-state index in [2.05, 4.69) is 0 Å². The van der Waals surface area contributed by atoms with Crippen LogP contribution in [0, 0.1) is 6.92 Å². The molecule has 1 aromatic carbocycles. The van der Waals surface area contributed by atoms with Gasteiger partial charge in [-0.3, -0.25) is 0 Å². The van der Waals surface area contributed by atoms with Gasteiger partial charge in [0.2, 0.25) is 0 Å². The summed E-state index contributed by atoms with van der Waals surface area (Å²) >= 11 is 5.63. The Bertz CT molecular complexity index is 270. The van der Waals surface area contributed by atoms with E-state index >= 15 is 0 Å². The Labute approximate surface area is 74.6 Å². The second-order valence-electron chi connectivity index (χ2n) is 1.99. The van der Waals surface area contributed by atoms with E-state index in [9.17, 15) is 0 Å². The molecule has 0 aliphatic carbocycles. The van der Waals surface area contributed by atoms with Crippen LogP contribution in [0.25, 0.3) is 0 Å². The van der Waals surface area contributed by atoms with Gasteiger partial charge in [-0.1, -0.05) is 23.7 Å². The average molecular weight is 187 g/mol. The quantitative estimate of drug-likeness (QED) is 0.672. The van der Waals surface area contributed by atoms with Crippen molar-refractivity contribution in [3.63, 3.8) is 0 Å². The highest BCUT2D eigenvalue weighted by Crippen LogP contribution is 2.25. The van der Waals surface area contributed by atoms with Gasteiger partial charge in [-0.2, -0.15) is 9.59 Å². The Morgan fingerprint density at radius 3 is 2.25 bits per heavy atom. The van der Waals surface area contributed by atoms with E-state index in [4.69, 9.17) is 26.3 Å². The lowest BCUT2D eigenvalue weighted by molar-refractivity contribution is -0.191. The second-order valence-corrected chi connectivity index (χ2v) is 2.37. The summed E-state index contributed by atoms with van der Waals surface area (Å²) in [6.07, 6.45) is 0.250. The van der Waals surface area contributed by atoms with Crippen LogP contribution in [0.2, 0.25) is 5.02 Å². The topological polar surface area (TPSA) is 54.4 Å². The van der Waals surface area contributed by atoms with E-state index in [1.54, 1.807) is 12.1 Å². The molecule has 0 saturated carbocycles. The largest absolute Gasteiger partial charge is 0.506 e. The van der Waals surface area contributed by atoms with Crippen LogP contribution in [0.3, 0.4) is 0 Å². The predicted octanol–water partition coefficient (Wildman–Crippen LogP) is 1.77. The van der Waals surface area contributed by atoms with Gasteiger partial charge in [0.15, 0.2) is 0 Å². The lowest BCUT2D eigenvalue weighted by atomic mass is 10.2. The molecule has 0 atom stereocenters. The van der Waals surface area contributed by atoms with Crippen molar-refractivity contribution in [2.45, 2.75) is 6.92 Å². The van der Waals surface area contributed by atoms with E-state index in [-0.39, 0.29) is 11.9 Å². The molecule has 0 heterocycles. The molecule has 1 N–H and O–H groups in total. The highest BCUT2D eigenvalue weighted by molar-refractivity contribution is 6.32. The maximum atomic E-state index is 8.97. The Hall–Kier alpha value is -1.31. The molecule has 4 heteroatoms. The SMILES string of the molecule is Cc1cccc(O)c1Cl.O=C=O. The number of hydrogen-bond donors (Lipinski definition) is 1. The smallest absolute Gasteiger partial charge is 0.373 e. The van der Waals surface area contributed by atoms with Crippen LogP contribution in [-0.4, -0.2) is 11.3 Å². The summed E-state index contributed by atoms with van der Waals surface area (Å²) in [7, 11) is 0. The molecule has 64 valence electrons. The fourth-order valence-electron chi connectivity index (χ4n) is 0.632. The third-order valence-electron chi connectivity index (χ3n) is 1.17. The van der Waals surface area contributed by atoms with Gasteiger partial charge < -0.3 is 5.11 Å². The predicted molar refractivity (Wildman–Crippen MR) is 42.9 cm³/mol. The number of aromatic hydroxyl groups is 1. The third-order valence-corrected chi connectivity index (χ3v) is 1.66. The van der Waals surface area contributed by atoms with Crippen LogP contribution >= 0.6 is 11.6 Å². The van der Waals surface area contributed by atoms with Crippen LogP contribution < -0.4 is 0 Å². The summed E-state index contributed by atoms with van der Waals surface area (Å²) in [6.45, 7) is 1.85. The zero-order valence-electron chi connectivity index (χ0n) is 6.37. The maximum absolute atomic E-state index is 8.97. The van der Waals surface area contributed by atoms with E-state index in [0.29, 0.717) is 5.02 Å². The molecule has 3 nitrogen and oxygen atoms in total. The Balaban J connectivity index is 0.000000354. The summed E-state index contributed by atoms with van der Waals surface area (Å²) in [6, 6.07) is 5.17. The summed E-state index contributed by atoms with van der Waals surface area (Å²) < 4.78 is 0. The summed E-state index contributed by atoms with van der Waals surface area (Å²) in [5, 5.41) is 9.41. The van der Waals surface area contributed by atoms with Crippen LogP contribution in [0.4, 0.5) is 0 Å². The first kappa shape index (κ1) is 10.7. The van der Waals surface area contributed by atoms with Gasteiger partial charge in [0.25, 0.3) is 0 Å². The Morgan fingerprint density at radius 2 is 1.92 bits per heavy atom. The summed E-state index contributed by atoms with van der Waals surface area (Å²) in [4.78, 5) is 16.2. The summed E-state index contributed by atoms with van der Waals surface area (Å²) in [5.41, 5.74) is 0.900. The molecular formula is C8H7ClO3. The first-order chi connectivity index (χ1) is 5.63. The minimum Gasteiger partial charge on any atom is -0.506 e. The molecule has 0 spiro atoms. The molecule has 0 fully saturated rings. The van der Waals surface area contributed by atoms with E-state index in [1.165, 1.54) is 0 Å². The normalized spacial score (nSPS) is 7.83. The van der Waals surface area contributed by atoms with Crippen molar-refractivity contribution in [1.82, 2.24) is 0 Å². The number of rotatable bonds is 0. The second kappa shape index (κ2) is 5.35. The number of phenolic OH excluding ortho intramolecular Hbond substituents is 1. The summed E-state index contributed by atoms with van der Waals surface area (Å²) in [5.74, 6) is 0.150. The highest BCUT2D eigenvalue weighted by Gasteiger charge is 1.97. The van der Waals surface area contributed by atoms with Crippen molar-refractivity contribution in [3.05, 3.63) is 28.8 Å². The van der Waals surface area contributed by atoms with E-state index in [0.717, 1.165) is 5.56 Å². The molecular weight excluding hydrogens is 180 g/mol. The molecule has 0 radical (unpaired) electrons. The van der Waals surface area contributed by atoms with Crippen LogP contribution in [0.15, 0.2) is 18.2 Å². The molecule has 1 aromatic rings. The highest BCUT2D eigenvalue weighted by atomic mass is 35.5. The molecule has 1 rings (SSSR count). The number of aryl methyl sites for hydroxylation is 1. The van der Waals surface area contributed by atoms with Crippen molar-refractivity contribution in [2.24, 2.45) is 0 Å². The van der Waals surface area contributed by atoms with E-state index in [1.807, 2.05) is 13.0 Å². The van der Waals surface area contributed by atoms with Gasteiger partial charge in [0.05, 0.1) is 5.02 Å². The van der Waals surface area contributed by atoms with E-state index < -0.39 is 0 Å². The van der Waals surface area contributed by atoms with Crippen molar-refractivity contribution in [3.8, 4) is 5.75 Å². The number of benzene rings is 1. The zero-order valence-corrected chi connectivity index (χ0v) is 7.13. The lowest BCUT2D eigenvalue weighted by Crippen LogP contribution is -1.72. The Kier molecular flexibility index (Phi) is 4.77. The maximum Gasteiger partial charge on any atom is 0.373 e. The molecule has 0 aliphatic heterocycles. The van der Waals surface area contributed by atoms with Crippen molar-refractivity contribution >= 4 is 17.8 Å².